The van der Waals surface area contributed by atoms with Crippen molar-refractivity contribution in [3.8, 4) is 5.75 Å². The van der Waals surface area contributed by atoms with Gasteiger partial charge in [0.05, 0.1) is 18.8 Å². The fraction of sp³-hybridized carbons (Fsp3) is 0.350. The molecule has 0 aliphatic carbocycles. The SMILES string of the molecule is COc1ccc(C(CNC(=S)Nc2ccccc2F)N2CCCC2)cc1. The zero-order chi connectivity index (χ0) is 18.4. The van der Waals surface area contributed by atoms with E-state index in [9.17, 15) is 4.39 Å². The Hall–Kier alpha value is -2.18. The number of likely N-dealkylation sites (tertiary alicyclic amines) is 1. The number of nitrogens with one attached hydrogen (secondary N) is 2. The van der Waals surface area contributed by atoms with Gasteiger partial charge in [-0.05, 0) is 68.0 Å². The Labute approximate surface area is 159 Å². The lowest BCUT2D eigenvalue weighted by molar-refractivity contribution is 0.246. The Kier molecular flexibility index (Phi) is 6.41. The Balaban J connectivity index is 1.65. The highest BCUT2D eigenvalue weighted by Gasteiger charge is 2.23. The van der Waals surface area contributed by atoms with Crippen LogP contribution >= 0.6 is 12.2 Å². The highest BCUT2D eigenvalue weighted by Crippen LogP contribution is 2.26. The van der Waals surface area contributed by atoms with Crippen LogP contribution in [0.3, 0.4) is 0 Å². The molecule has 26 heavy (non-hydrogen) atoms. The van der Waals surface area contributed by atoms with Crippen molar-refractivity contribution in [2.75, 3.05) is 32.1 Å². The molecule has 1 unspecified atom stereocenters. The standard InChI is InChI=1S/C20H24FN3OS/c1-25-16-10-8-15(9-11-16)19(24-12-4-5-13-24)14-22-20(26)23-18-7-3-2-6-17(18)21/h2-3,6-11,19H,4-5,12-14H2,1H3,(H2,22,23,26). The van der Waals surface area contributed by atoms with Gasteiger partial charge in [0.15, 0.2) is 5.11 Å². The second kappa shape index (κ2) is 8.96. The molecule has 0 radical (unpaired) electrons. The van der Waals surface area contributed by atoms with Crippen LogP contribution < -0.4 is 15.4 Å². The van der Waals surface area contributed by atoms with Crippen molar-refractivity contribution in [3.63, 3.8) is 0 Å². The first-order valence-electron chi connectivity index (χ1n) is 8.85. The van der Waals surface area contributed by atoms with E-state index >= 15 is 0 Å². The molecule has 1 atom stereocenters. The lowest BCUT2D eigenvalue weighted by Crippen LogP contribution is -2.38. The maximum Gasteiger partial charge on any atom is 0.170 e. The first kappa shape index (κ1) is 18.6. The molecule has 1 aliphatic rings. The number of anilines is 1. The summed E-state index contributed by atoms with van der Waals surface area (Å²) in [4.78, 5) is 2.46. The van der Waals surface area contributed by atoms with Crippen molar-refractivity contribution in [3.05, 3.63) is 59.9 Å². The van der Waals surface area contributed by atoms with Gasteiger partial charge in [0.1, 0.15) is 11.6 Å². The second-order valence-corrected chi connectivity index (χ2v) is 6.76. The lowest BCUT2D eigenvalue weighted by Gasteiger charge is -2.29. The molecular formula is C20H24FN3OS. The number of benzene rings is 2. The van der Waals surface area contributed by atoms with Crippen LogP contribution in [0, 0.1) is 5.82 Å². The number of hydrogen-bond donors (Lipinski definition) is 2. The van der Waals surface area contributed by atoms with E-state index in [1.807, 2.05) is 12.1 Å². The van der Waals surface area contributed by atoms with E-state index < -0.39 is 0 Å². The minimum absolute atomic E-state index is 0.212. The summed E-state index contributed by atoms with van der Waals surface area (Å²) in [5.41, 5.74) is 1.60. The first-order valence-corrected chi connectivity index (χ1v) is 9.25. The highest BCUT2D eigenvalue weighted by molar-refractivity contribution is 7.80. The topological polar surface area (TPSA) is 36.5 Å². The molecule has 2 aromatic carbocycles. The summed E-state index contributed by atoms with van der Waals surface area (Å²) in [6.07, 6.45) is 2.43. The van der Waals surface area contributed by atoms with Crippen LogP contribution in [0.1, 0.15) is 24.4 Å². The number of rotatable bonds is 6. The van der Waals surface area contributed by atoms with Gasteiger partial charge in [-0.15, -0.1) is 0 Å². The lowest BCUT2D eigenvalue weighted by atomic mass is 10.1. The third kappa shape index (κ3) is 4.71. The monoisotopic (exact) mass is 373 g/mol. The minimum atomic E-state index is -0.317. The van der Waals surface area contributed by atoms with Gasteiger partial charge in [-0.2, -0.15) is 0 Å². The van der Waals surface area contributed by atoms with Crippen molar-refractivity contribution >= 4 is 23.0 Å². The zero-order valence-corrected chi connectivity index (χ0v) is 15.7. The van der Waals surface area contributed by atoms with Crippen molar-refractivity contribution in [2.24, 2.45) is 0 Å². The molecule has 0 bridgehead atoms. The summed E-state index contributed by atoms with van der Waals surface area (Å²) in [7, 11) is 1.67. The first-order chi connectivity index (χ1) is 12.7. The number of ether oxygens (including phenoxy) is 1. The van der Waals surface area contributed by atoms with Crippen molar-refractivity contribution in [1.82, 2.24) is 10.2 Å². The van der Waals surface area contributed by atoms with E-state index in [2.05, 4.69) is 27.7 Å². The average Bonchev–Trinajstić information content (AvgIpc) is 3.19. The third-order valence-electron chi connectivity index (χ3n) is 4.66. The van der Waals surface area contributed by atoms with Gasteiger partial charge >= 0.3 is 0 Å². The van der Waals surface area contributed by atoms with Crippen molar-refractivity contribution < 1.29 is 9.13 Å². The van der Waals surface area contributed by atoms with Gasteiger partial charge in [-0.25, -0.2) is 4.39 Å². The molecule has 138 valence electrons. The molecule has 0 spiro atoms. The number of para-hydroxylation sites is 1. The molecule has 0 amide bonds. The quantitative estimate of drug-likeness (QED) is 0.750. The van der Waals surface area contributed by atoms with Crippen molar-refractivity contribution in [1.29, 1.82) is 0 Å². The van der Waals surface area contributed by atoms with Crippen LogP contribution in [-0.4, -0.2) is 36.8 Å². The van der Waals surface area contributed by atoms with E-state index in [0.29, 0.717) is 17.3 Å². The smallest absolute Gasteiger partial charge is 0.170 e. The van der Waals surface area contributed by atoms with Crippen LogP contribution in [0.25, 0.3) is 0 Å². The van der Waals surface area contributed by atoms with Gasteiger partial charge in [0, 0.05) is 6.54 Å². The van der Waals surface area contributed by atoms with Crippen LogP contribution in [0.4, 0.5) is 10.1 Å². The van der Waals surface area contributed by atoms with Crippen LogP contribution in [0.15, 0.2) is 48.5 Å². The molecule has 2 N–H and O–H groups in total. The van der Waals surface area contributed by atoms with E-state index in [4.69, 9.17) is 17.0 Å². The van der Waals surface area contributed by atoms with Crippen LogP contribution in [0.2, 0.25) is 0 Å². The maximum atomic E-state index is 13.8. The number of thiocarbonyl (C=S) groups is 1. The predicted octanol–water partition coefficient (Wildman–Crippen LogP) is 3.96. The van der Waals surface area contributed by atoms with Gasteiger partial charge in [0.2, 0.25) is 0 Å². The molecule has 1 heterocycles. The van der Waals surface area contributed by atoms with E-state index in [1.165, 1.54) is 24.5 Å². The maximum absolute atomic E-state index is 13.8. The molecule has 4 nitrogen and oxygen atoms in total. The van der Waals surface area contributed by atoms with E-state index in [0.717, 1.165) is 18.8 Å². The molecule has 0 aromatic heterocycles. The van der Waals surface area contributed by atoms with E-state index in [-0.39, 0.29) is 11.9 Å². The third-order valence-corrected chi connectivity index (χ3v) is 4.91. The normalized spacial score (nSPS) is 15.5. The Morgan fingerprint density at radius 1 is 1.15 bits per heavy atom. The predicted molar refractivity (Wildman–Crippen MR) is 107 cm³/mol. The number of hydrogen-bond acceptors (Lipinski definition) is 3. The zero-order valence-electron chi connectivity index (χ0n) is 14.9. The fourth-order valence-electron chi connectivity index (χ4n) is 3.26. The summed E-state index contributed by atoms with van der Waals surface area (Å²) < 4.78 is 19.0. The van der Waals surface area contributed by atoms with Gasteiger partial charge in [0.25, 0.3) is 0 Å². The number of methoxy groups -OCH3 is 1. The minimum Gasteiger partial charge on any atom is -0.497 e. The summed E-state index contributed by atoms with van der Waals surface area (Å²) in [5, 5.41) is 6.60. The van der Waals surface area contributed by atoms with Gasteiger partial charge in [-0.1, -0.05) is 24.3 Å². The molecule has 1 aliphatic heterocycles. The molecule has 2 aromatic rings. The summed E-state index contributed by atoms with van der Waals surface area (Å²) in [6, 6.07) is 14.9. The molecule has 1 saturated heterocycles. The van der Waals surface area contributed by atoms with Gasteiger partial charge < -0.3 is 15.4 Å². The summed E-state index contributed by atoms with van der Waals surface area (Å²) >= 11 is 5.35. The molecule has 6 heteroatoms. The average molecular weight is 373 g/mol. The van der Waals surface area contributed by atoms with Crippen LogP contribution in [0.5, 0.6) is 5.75 Å². The highest BCUT2D eigenvalue weighted by atomic mass is 32.1. The number of halogens is 1. The molecular weight excluding hydrogens is 349 g/mol. The van der Waals surface area contributed by atoms with Crippen molar-refractivity contribution in [2.45, 2.75) is 18.9 Å². The largest absolute Gasteiger partial charge is 0.497 e. The van der Waals surface area contributed by atoms with E-state index in [1.54, 1.807) is 25.3 Å². The molecule has 1 fully saturated rings. The fourth-order valence-corrected chi connectivity index (χ4v) is 3.45. The number of nitrogens with zero attached hydrogens (tertiary/aromatic N) is 1. The summed E-state index contributed by atoms with van der Waals surface area (Å²) in [5.74, 6) is 0.529. The molecule has 0 saturated carbocycles. The van der Waals surface area contributed by atoms with Gasteiger partial charge in [-0.3, -0.25) is 4.90 Å². The molecule has 3 rings (SSSR count). The Morgan fingerprint density at radius 3 is 2.50 bits per heavy atom. The second-order valence-electron chi connectivity index (χ2n) is 6.35. The Bertz CT molecular complexity index is 732. The summed E-state index contributed by atoms with van der Waals surface area (Å²) in [6.45, 7) is 2.81. The Morgan fingerprint density at radius 2 is 1.85 bits per heavy atom. The van der Waals surface area contributed by atoms with Crippen LogP contribution in [-0.2, 0) is 0 Å².